The molecule has 1 N–H and O–H groups in total. The Hall–Kier alpha value is -2.96. The van der Waals surface area contributed by atoms with Gasteiger partial charge in [-0.2, -0.15) is 0 Å². The Balaban J connectivity index is 2.30. The summed E-state index contributed by atoms with van der Waals surface area (Å²) in [5, 5.41) is 9.33. The van der Waals surface area contributed by atoms with Crippen LogP contribution in [0.5, 0.6) is 0 Å². The molecule has 0 saturated carbocycles. The Morgan fingerprint density at radius 1 is 1.08 bits per heavy atom. The van der Waals surface area contributed by atoms with Gasteiger partial charge < -0.3 is 10.0 Å². The maximum Gasteiger partial charge on any atom is 0.419 e. The van der Waals surface area contributed by atoms with Crippen LogP contribution in [0.4, 0.5) is 20.7 Å². The lowest BCUT2D eigenvalue weighted by molar-refractivity contribution is 0.0983. The second-order valence-corrected chi connectivity index (χ2v) is 4.98. The molecule has 2 rings (SSSR count). The number of carbonyl (C=O) groups is 2. The number of rotatable bonds is 5. The second-order valence-electron chi connectivity index (χ2n) is 4.98. The highest BCUT2D eigenvalue weighted by atomic mass is 19.1. The second kappa shape index (κ2) is 7.54. The van der Waals surface area contributed by atoms with Crippen LogP contribution in [0.25, 0.3) is 0 Å². The van der Waals surface area contributed by atoms with Crippen LogP contribution in [-0.4, -0.2) is 35.2 Å². The van der Waals surface area contributed by atoms with E-state index in [-0.39, 0.29) is 11.3 Å². The number of nitrogens with zero attached hydrogens (tertiary/aromatic N) is 3. The first-order valence-electron chi connectivity index (χ1n) is 7.51. The molecule has 0 bridgehead atoms. The minimum Gasteiger partial charge on any atom is -0.464 e. The molecule has 24 heavy (non-hydrogen) atoms. The van der Waals surface area contributed by atoms with Gasteiger partial charge in [0.05, 0.1) is 11.3 Å². The van der Waals surface area contributed by atoms with E-state index < -0.39 is 17.8 Å². The summed E-state index contributed by atoms with van der Waals surface area (Å²) >= 11 is 0. The summed E-state index contributed by atoms with van der Waals surface area (Å²) in [6, 6.07) is 7.87. The number of benzene rings is 1. The fourth-order valence-corrected chi connectivity index (χ4v) is 2.28. The smallest absolute Gasteiger partial charge is 0.419 e. The van der Waals surface area contributed by atoms with E-state index in [4.69, 9.17) is 0 Å². The molecule has 1 heterocycles. The van der Waals surface area contributed by atoms with E-state index in [2.05, 4.69) is 4.98 Å². The monoisotopic (exact) mass is 331 g/mol. The van der Waals surface area contributed by atoms with Crippen molar-refractivity contribution in [1.82, 2.24) is 4.98 Å². The highest BCUT2D eigenvalue weighted by molar-refractivity contribution is 6.18. The van der Waals surface area contributed by atoms with Crippen LogP contribution in [0.15, 0.2) is 42.6 Å². The van der Waals surface area contributed by atoms with Gasteiger partial charge >= 0.3 is 6.09 Å². The predicted octanol–water partition coefficient (Wildman–Crippen LogP) is 3.39. The molecule has 126 valence electrons. The fraction of sp³-hybridized carbons (Fsp3) is 0.235. The van der Waals surface area contributed by atoms with Crippen LogP contribution in [-0.2, 0) is 0 Å². The van der Waals surface area contributed by atoms with Crippen molar-refractivity contribution >= 4 is 23.5 Å². The van der Waals surface area contributed by atoms with Gasteiger partial charge in [0, 0.05) is 19.3 Å². The first-order chi connectivity index (χ1) is 11.5. The SMILES string of the molecule is CCN(CC)c1ccc(C(=O)N(C(=O)O)c2ccc(F)cc2)cn1. The number of amides is 2. The Morgan fingerprint density at radius 2 is 1.71 bits per heavy atom. The Labute approximate surface area is 139 Å². The van der Waals surface area contributed by atoms with Gasteiger partial charge in [0.25, 0.3) is 5.91 Å². The van der Waals surface area contributed by atoms with E-state index in [0.29, 0.717) is 10.7 Å². The van der Waals surface area contributed by atoms with Gasteiger partial charge in [-0.15, -0.1) is 0 Å². The van der Waals surface area contributed by atoms with Gasteiger partial charge in [-0.3, -0.25) is 4.79 Å². The van der Waals surface area contributed by atoms with E-state index >= 15 is 0 Å². The van der Waals surface area contributed by atoms with Crippen LogP contribution in [0, 0.1) is 5.82 Å². The number of carbonyl (C=O) groups excluding carboxylic acids is 1. The highest BCUT2D eigenvalue weighted by Gasteiger charge is 2.24. The lowest BCUT2D eigenvalue weighted by Crippen LogP contribution is -2.36. The number of halogens is 1. The summed E-state index contributed by atoms with van der Waals surface area (Å²) in [7, 11) is 0. The van der Waals surface area contributed by atoms with Gasteiger partial charge in [0.2, 0.25) is 0 Å². The lowest BCUT2D eigenvalue weighted by atomic mass is 10.2. The van der Waals surface area contributed by atoms with Crippen molar-refractivity contribution < 1.29 is 19.1 Å². The molecule has 0 spiro atoms. The van der Waals surface area contributed by atoms with Gasteiger partial charge in [-0.1, -0.05) is 0 Å². The number of carboxylic acid groups (broad SMARTS) is 1. The first kappa shape index (κ1) is 17.4. The average molecular weight is 331 g/mol. The van der Waals surface area contributed by atoms with E-state index in [1.54, 1.807) is 6.07 Å². The molecule has 7 heteroatoms. The van der Waals surface area contributed by atoms with Crippen LogP contribution in [0.1, 0.15) is 24.2 Å². The maximum absolute atomic E-state index is 13.0. The molecule has 6 nitrogen and oxygen atoms in total. The van der Waals surface area contributed by atoms with E-state index in [0.717, 1.165) is 25.2 Å². The number of hydrogen-bond donors (Lipinski definition) is 1. The topological polar surface area (TPSA) is 73.7 Å². The van der Waals surface area contributed by atoms with Crippen molar-refractivity contribution in [2.45, 2.75) is 13.8 Å². The van der Waals surface area contributed by atoms with Crippen molar-refractivity contribution in [2.75, 3.05) is 22.9 Å². The van der Waals surface area contributed by atoms with Gasteiger partial charge in [0.15, 0.2) is 0 Å². The Morgan fingerprint density at radius 3 is 2.17 bits per heavy atom. The zero-order chi connectivity index (χ0) is 17.7. The van der Waals surface area contributed by atoms with Crippen LogP contribution >= 0.6 is 0 Å². The third-order valence-corrected chi connectivity index (χ3v) is 3.56. The fourth-order valence-electron chi connectivity index (χ4n) is 2.28. The van der Waals surface area contributed by atoms with Crippen molar-refractivity contribution in [3.05, 3.63) is 54.0 Å². The van der Waals surface area contributed by atoms with Crippen LogP contribution < -0.4 is 9.80 Å². The molecular weight excluding hydrogens is 313 g/mol. The number of hydrogen-bond acceptors (Lipinski definition) is 4. The third kappa shape index (κ3) is 3.68. The van der Waals surface area contributed by atoms with Crippen molar-refractivity contribution in [1.29, 1.82) is 0 Å². The summed E-state index contributed by atoms with van der Waals surface area (Å²) in [5.74, 6) is -0.547. The molecule has 0 aliphatic heterocycles. The molecule has 2 aromatic rings. The first-order valence-corrected chi connectivity index (χ1v) is 7.51. The molecular formula is C17H18FN3O3. The Kier molecular flexibility index (Phi) is 5.47. The molecule has 0 saturated heterocycles. The Bertz CT molecular complexity index is 713. The molecule has 0 aliphatic carbocycles. The summed E-state index contributed by atoms with van der Waals surface area (Å²) in [6.45, 7) is 5.52. The van der Waals surface area contributed by atoms with Gasteiger partial charge in [-0.05, 0) is 50.2 Å². The van der Waals surface area contributed by atoms with Crippen molar-refractivity contribution in [3.63, 3.8) is 0 Å². The molecule has 0 fully saturated rings. The zero-order valence-corrected chi connectivity index (χ0v) is 13.4. The molecule has 1 aromatic carbocycles. The van der Waals surface area contributed by atoms with Crippen LogP contribution in [0.3, 0.4) is 0 Å². The zero-order valence-electron chi connectivity index (χ0n) is 13.4. The molecule has 2 amide bonds. The summed E-state index contributed by atoms with van der Waals surface area (Å²) < 4.78 is 13.0. The highest BCUT2D eigenvalue weighted by Crippen LogP contribution is 2.19. The summed E-state index contributed by atoms with van der Waals surface area (Å²) in [6.07, 6.45) is -0.102. The number of pyridine rings is 1. The molecule has 0 radical (unpaired) electrons. The number of aromatic nitrogens is 1. The van der Waals surface area contributed by atoms with Gasteiger partial charge in [0.1, 0.15) is 11.6 Å². The maximum atomic E-state index is 13.0. The van der Waals surface area contributed by atoms with Crippen LogP contribution in [0.2, 0.25) is 0 Å². The van der Waals surface area contributed by atoms with E-state index in [1.165, 1.54) is 24.4 Å². The molecule has 0 unspecified atom stereocenters. The normalized spacial score (nSPS) is 10.3. The minimum absolute atomic E-state index is 0.0710. The minimum atomic E-state index is -1.44. The molecule has 0 atom stereocenters. The van der Waals surface area contributed by atoms with Crippen molar-refractivity contribution in [3.8, 4) is 0 Å². The summed E-state index contributed by atoms with van der Waals surface area (Å²) in [4.78, 5) is 30.7. The molecule has 1 aromatic heterocycles. The van der Waals surface area contributed by atoms with Gasteiger partial charge in [-0.25, -0.2) is 19.1 Å². The van der Waals surface area contributed by atoms with Crippen molar-refractivity contribution in [2.24, 2.45) is 0 Å². The standard InChI is InChI=1S/C17H18FN3O3/c1-3-20(4-2)15-10-5-12(11-19-15)16(22)21(17(23)24)14-8-6-13(18)7-9-14/h5-11H,3-4H2,1-2H3,(H,23,24). The number of imide groups is 1. The largest absolute Gasteiger partial charge is 0.464 e. The average Bonchev–Trinajstić information content (AvgIpc) is 2.58. The van der Waals surface area contributed by atoms with E-state index in [9.17, 15) is 19.1 Å². The number of anilines is 2. The quantitative estimate of drug-likeness (QED) is 0.909. The lowest BCUT2D eigenvalue weighted by Gasteiger charge is -2.20. The summed E-state index contributed by atoms with van der Waals surface area (Å²) in [5.41, 5.74) is 0.208. The third-order valence-electron chi connectivity index (χ3n) is 3.56. The van der Waals surface area contributed by atoms with E-state index in [1.807, 2.05) is 18.7 Å². The molecule has 0 aliphatic rings. The predicted molar refractivity (Wildman–Crippen MR) is 89.0 cm³/mol.